The summed E-state index contributed by atoms with van der Waals surface area (Å²) in [7, 11) is 8.08. The van der Waals surface area contributed by atoms with E-state index in [2.05, 4.69) is 24.3 Å². The molecule has 0 heterocycles. The fourth-order valence-corrected chi connectivity index (χ4v) is 2.33. The van der Waals surface area contributed by atoms with E-state index in [1.807, 2.05) is 73.6 Å². The Kier molecular flexibility index (Phi) is 6.78. The Morgan fingerprint density at radius 1 is 0.960 bits per heavy atom. The van der Waals surface area contributed by atoms with Gasteiger partial charge in [-0.25, -0.2) is 0 Å². The summed E-state index contributed by atoms with van der Waals surface area (Å²) in [5, 5.41) is 3.37. The second-order valence-corrected chi connectivity index (χ2v) is 6.49. The molecule has 0 fully saturated rings. The molecule has 25 heavy (non-hydrogen) atoms. The van der Waals surface area contributed by atoms with Crippen LogP contribution < -0.4 is 10.2 Å². The lowest BCUT2D eigenvalue weighted by atomic mass is 10.1. The summed E-state index contributed by atoms with van der Waals surface area (Å²) in [6.45, 7) is 1.90. The van der Waals surface area contributed by atoms with E-state index in [0.29, 0.717) is 5.56 Å². The molecule has 4 heteroatoms. The maximum absolute atomic E-state index is 12.3. The molecular formula is C21H27N3O. The number of ketones is 1. The smallest absolute Gasteiger partial charge is 0.185 e. The van der Waals surface area contributed by atoms with E-state index in [0.717, 1.165) is 30.0 Å². The van der Waals surface area contributed by atoms with Crippen LogP contribution in [0.5, 0.6) is 0 Å². The second-order valence-electron chi connectivity index (χ2n) is 6.49. The first kappa shape index (κ1) is 18.7. The highest BCUT2D eigenvalue weighted by Gasteiger charge is 2.02. The Balaban J connectivity index is 1.93. The van der Waals surface area contributed by atoms with Crippen LogP contribution >= 0.6 is 0 Å². The van der Waals surface area contributed by atoms with E-state index in [9.17, 15) is 4.79 Å². The highest BCUT2D eigenvalue weighted by atomic mass is 16.1. The van der Waals surface area contributed by atoms with E-state index in [1.165, 1.54) is 0 Å². The summed E-state index contributed by atoms with van der Waals surface area (Å²) in [5.41, 5.74) is 3.88. The molecule has 0 radical (unpaired) electrons. The van der Waals surface area contributed by atoms with E-state index in [-0.39, 0.29) is 5.78 Å². The van der Waals surface area contributed by atoms with Crippen molar-refractivity contribution in [2.75, 3.05) is 51.5 Å². The largest absolute Gasteiger partial charge is 0.384 e. The van der Waals surface area contributed by atoms with Gasteiger partial charge < -0.3 is 15.1 Å². The number of rotatable bonds is 8. The number of nitrogens with zero attached hydrogens (tertiary/aromatic N) is 2. The van der Waals surface area contributed by atoms with Crippen molar-refractivity contribution in [1.82, 2.24) is 4.90 Å². The monoisotopic (exact) mass is 337 g/mol. The molecule has 0 atom stereocenters. The number of carbonyl (C=O) groups is 1. The molecule has 132 valence electrons. The Morgan fingerprint density at radius 2 is 1.60 bits per heavy atom. The van der Waals surface area contributed by atoms with Gasteiger partial charge in [-0.3, -0.25) is 4.79 Å². The highest BCUT2D eigenvalue weighted by Crippen LogP contribution is 2.14. The molecule has 2 aromatic carbocycles. The van der Waals surface area contributed by atoms with E-state index in [4.69, 9.17) is 0 Å². The van der Waals surface area contributed by atoms with Gasteiger partial charge >= 0.3 is 0 Å². The third-order valence-corrected chi connectivity index (χ3v) is 3.89. The first-order chi connectivity index (χ1) is 12.0. The van der Waals surface area contributed by atoms with Crippen LogP contribution in [0.25, 0.3) is 6.08 Å². The van der Waals surface area contributed by atoms with Crippen LogP contribution in [0, 0.1) is 0 Å². The van der Waals surface area contributed by atoms with Gasteiger partial charge in [0.1, 0.15) is 0 Å². The van der Waals surface area contributed by atoms with Crippen LogP contribution in [0.15, 0.2) is 54.6 Å². The van der Waals surface area contributed by atoms with Crippen molar-refractivity contribution in [2.24, 2.45) is 0 Å². The minimum atomic E-state index is 0.0125. The summed E-state index contributed by atoms with van der Waals surface area (Å²) >= 11 is 0. The number of likely N-dealkylation sites (N-methyl/N-ethyl adjacent to an activating group) is 1. The highest BCUT2D eigenvalue weighted by molar-refractivity contribution is 6.07. The molecule has 4 nitrogen and oxygen atoms in total. The lowest BCUT2D eigenvalue weighted by molar-refractivity contribution is 0.104. The lowest BCUT2D eigenvalue weighted by Crippen LogP contribution is -2.20. The Labute approximate surface area is 150 Å². The predicted molar refractivity (Wildman–Crippen MR) is 108 cm³/mol. The normalized spacial score (nSPS) is 11.1. The van der Waals surface area contributed by atoms with Gasteiger partial charge in [0.2, 0.25) is 0 Å². The molecule has 0 aliphatic carbocycles. The zero-order valence-electron chi connectivity index (χ0n) is 15.5. The quantitative estimate of drug-likeness (QED) is 0.589. The van der Waals surface area contributed by atoms with Crippen LogP contribution in [0.4, 0.5) is 11.4 Å². The molecule has 0 spiro atoms. The number of hydrogen-bond donors (Lipinski definition) is 1. The average Bonchev–Trinajstić information content (AvgIpc) is 2.60. The zero-order chi connectivity index (χ0) is 18.2. The Hall–Kier alpha value is -2.59. The maximum Gasteiger partial charge on any atom is 0.185 e. The molecule has 0 saturated carbocycles. The van der Waals surface area contributed by atoms with Crippen molar-refractivity contribution >= 4 is 23.2 Å². The van der Waals surface area contributed by atoms with Crippen LogP contribution in [-0.2, 0) is 0 Å². The molecule has 0 aliphatic rings. The number of benzene rings is 2. The SMILES string of the molecule is CN(C)CCNc1ccc(C=CC(=O)c2ccc(N(C)C)cc2)cc1. The van der Waals surface area contributed by atoms with Gasteiger partial charge in [-0.1, -0.05) is 18.2 Å². The Morgan fingerprint density at radius 3 is 2.16 bits per heavy atom. The van der Waals surface area contributed by atoms with Gasteiger partial charge in [-0.05, 0) is 62.1 Å². The standard InChI is InChI=1S/C21H27N3O/c1-23(2)16-15-22-19-10-5-17(6-11-19)7-14-21(25)18-8-12-20(13-9-18)24(3)4/h5-14,22H,15-16H2,1-4H3. The van der Waals surface area contributed by atoms with Gasteiger partial charge in [-0.2, -0.15) is 0 Å². The zero-order valence-corrected chi connectivity index (χ0v) is 15.5. The van der Waals surface area contributed by atoms with Gasteiger partial charge in [-0.15, -0.1) is 0 Å². The molecule has 2 aromatic rings. The first-order valence-electron chi connectivity index (χ1n) is 8.44. The van der Waals surface area contributed by atoms with Crippen molar-refractivity contribution in [3.05, 3.63) is 65.7 Å². The van der Waals surface area contributed by atoms with Crippen molar-refractivity contribution < 1.29 is 4.79 Å². The lowest BCUT2D eigenvalue weighted by Gasteiger charge is -2.12. The van der Waals surface area contributed by atoms with Gasteiger partial charge in [0.05, 0.1) is 0 Å². The minimum Gasteiger partial charge on any atom is -0.384 e. The summed E-state index contributed by atoms with van der Waals surface area (Å²) in [6.07, 6.45) is 3.48. The fourth-order valence-electron chi connectivity index (χ4n) is 2.33. The van der Waals surface area contributed by atoms with Gasteiger partial charge in [0.25, 0.3) is 0 Å². The third-order valence-electron chi connectivity index (χ3n) is 3.89. The summed E-state index contributed by atoms with van der Waals surface area (Å²) in [5.74, 6) is 0.0125. The summed E-state index contributed by atoms with van der Waals surface area (Å²) in [6, 6.07) is 15.7. The Bertz CT molecular complexity index is 701. The fraction of sp³-hybridized carbons (Fsp3) is 0.286. The van der Waals surface area contributed by atoms with Crippen LogP contribution in [0.3, 0.4) is 0 Å². The van der Waals surface area contributed by atoms with Crippen molar-refractivity contribution in [2.45, 2.75) is 0 Å². The van der Waals surface area contributed by atoms with E-state index >= 15 is 0 Å². The molecule has 1 N–H and O–H groups in total. The predicted octanol–water partition coefficient (Wildman–Crippen LogP) is 3.62. The van der Waals surface area contributed by atoms with Gasteiger partial charge in [0, 0.05) is 44.1 Å². The minimum absolute atomic E-state index is 0.0125. The number of anilines is 2. The number of nitrogens with one attached hydrogen (secondary N) is 1. The van der Waals surface area contributed by atoms with E-state index in [1.54, 1.807) is 6.08 Å². The number of allylic oxidation sites excluding steroid dienone is 1. The molecule has 0 saturated heterocycles. The molecule has 0 unspecified atom stereocenters. The molecule has 0 amide bonds. The molecule has 0 aliphatic heterocycles. The second kappa shape index (κ2) is 9.04. The summed E-state index contributed by atoms with van der Waals surface area (Å²) < 4.78 is 0. The van der Waals surface area contributed by atoms with Crippen molar-refractivity contribution in [3.63, 3.8) is 0 Å². The van der Waals surface area contributed by atoms with Crippen molar-refractivity contribution in [3.8, 4) is 0 Å². The average molecular weight is 337 g/mol. The topological polar surface area (TPSA) is 35.6 Å². The van der Waals surface area contributed by atoms with Crippen LogP contribution in [0.1, 0.15) is 15.9 Å². The maximum atomic E-state index is 12.3. The molecule has 2 rings (SSSR count). The molecule has 0 aromatic heterocycles. The van der Waals surface area contributed by atoms with Gasteiger partial charge in [0.15, 0.2) is 5.78 Å². The number of hydrogen-bond acceptors (Lipinski definition) is 4. The number of carbonyl (C=O) groups excluding carboxylic acids is 1. The van der Waals surface area contributed by atoms with Crippen molar-refractivity contribution in [1.29, 1.82) is 0 Å². The van der Waals surface area contributed by atoms with Crippen LogP contribution in [0.2, 0.25) is 0 Å². The third kappa shape index (κ3) is 6.08. The first-order valence-corrected chi connectivity index (χ1v) is 8.44. The molecular weight excluding hydrogens is 310 g/mol. The van der Waals surface area contributed by atoms with E-state index < -0.39 is 0 Å². The molecule has 0 bridgehead atoms. The summed E-state index contributed by atoms with van der Waals surface area (Å²) in [4.78, 5) is 16.4. The van der Waals surface area contributed by atoms with Crippen LogP contribution in [-0.4, -0.2) is 52.0 Å².